The fraction of sp³-hybridized carbons (Fsp3) is 0.211. The topological polar surface area (TPSA) is 114 Å². The highest BCUT2D eigenvalue weighted by molar-refractivity contribution is 8.26. The van der Waals surface area contributed by atoms with Crippen LogP contribution in [0.4, 0.5) is 5.69 Å². The molecule has 162 valence electrons. The third-order valence-electron chi connectivity index (χ3n) is 4.34. The summed E-state index contributed by atoms with van der Waals surface area (Å²) in [5.41, 5.74) is 0.320. The summed E-state index contributed by atoms with van der Waals surface area (Å²) in [5, 5.41) is 20.5. The summed E-state index contributed by atoms with van der Waals surface area (Å²) >= 11 is 13.9. The van der Waals surface area contributed by atoms with Gasteiger partial charge < -0.3 is 9.52 Å². The van der Waals surface area contributed by atoms with Crippen molar-refractivity contribution < 1.29 is 24.0 Å². The molecule has 0 spiro atoms. The summed E-state index contributed by atoms with van der Waals surface area (Å²) in [6.45, 7) is 0. The highest BCUT2D eigenvalue weighted by atomic mass is 35.5. The Balaban J connectivity index is 1.84. The minimum absolute atomic E-state index is 0.140. The van der Waals surface area contributed by atoms with Gasteiger partial charge in [0.2, 0.25) is 0 Å². The zero-order valence-corrected chi connectivity index (χ0v) is 19.1. The number of hydrogen-bond donors (Lipinski definition) is 1. The molecule has 1 unspecified atom stereocenters. The SMILES string of the molecule is CSCCC(C(=O)O)N1C(=O)/C(=C\c2ccc(-c3ccc([N+](=O)[O-])cc3Cl)o2)SC1=S. The first-order valence-electron chi connectivity index (χ1n) is 8.76. The molecule has 1 saturated heterocycles. The average molecular weight is 499 g/mol. The number of carboxylic acid groups (broad SMARTS) is 1. The van der Waals surface area contributed by atoms with Crippen LogP contribution in [0.2, 0.25) is 5.02 Å². The van der Waals surface area contributed by atoms with Gasteiger partial charge in [0.1, 0.15) is 21.9 Å². The molecule has 1 amide bonds. The molecule has 2 heterocycles. The Bertz CT molecular complexity index is 1100. The first kappa shape index (κ1) is 23.3. The number of nitrogens with zero attached hydrogens (tertiary/aromatic N) is 2. The van der Waals surface area contributed by atoms with Crippen LogP contribution in [0, 0.1) is 10.1 Å². The number of amides is 1. The van der Waals surface area contributed by atoms with Crippen LogP contribution in [-0.2, 0) is 9.59 Å². The van der Waals surface area contributed by atoms with E-state index in [1.807, 2.05) is 6.26 Å². The van der Waals surface area contributed by atoms with E-state index in [0.29, 0.717) is 22.8 Å². The number of carboxylic acids is 1. The van der Waals surface area contributed by atoms with E-state index in [0.717, 1.165) is 16.7 Å². The molecular weight excluding hydrogens is 484 g/mol. The Kier molecular flexibility index (Phi) is 7.42. The maximum atomic E-state index is 12.8. The summed E-state index contributed by atoms with van der Waals surface area (Å²) in [6, 6.07) is 6.23. The summed E-state index contributed by atoms with van der Waals surface area (Å²) in [7, 11) is 0. The van der Waals surface area contributed by atoms with Crippen molar-refractivity contribution >= 4 is 75.3 Å². The van der Waals surface area contributed by atoms with E-state index in [1.54, 1.807) is 12.1 Å². The first-order chi connectivity index (χ1) is 14.7. The number of furan rings is 1. The maximum Gasteiger partial charge on any atom is 0.326 e. The molecule has 1 aliphatic heterocycles. The molecule has 8 nitrogen and oxygen atoms in total. The zero-order chi connectivity index (χ0) is 22.7. The first-order valence-corrected chi connectivity index (χ1v) is 11.8. The number of hydrogen-bond acceptors (Lipinski definition) is 8. The van der Waals surface area contributed by atoms with Crippen LogP contribution in [0.25, 0.3) is 17.4 Å². The van der Waals surface area contributed by atoms with Crippen LogP contribution in [0.1, 0.15) is 12.2 Å². The number of aliphatic carboxylic acids is 1. The van der Waals surface area contributed by atoms with Gasteiger partial charge >= 0.3 is 5.97 Å². The second-order valence-corrected chi connectivity index (χ2v) is 9.38. The number of non-ortho nitro benzene ring substituents is 1. The van der Waals surface area contributed by atoms with Gasteiger partial charge in [-0.15, -0.1) is 0 Å². The molecule has 1 fully saturated rings. The third kappa shape index (κ3) is 5.12. The second kappa shape index (κ2) is 9.86. The third-order valence-corrected chi connectivity index (χ3v) is 6.63. The number of benzene rings is 1. The molecule has 1 aromatic carbocycles. The van der Waals surface area contributed by atoms with Crippen LogP contribution in [0.15, 0.2) is 39.7 Å². The quantitative estimate of drug-likeness (QED) is 0.234. The van der Waals surface area contributed by atoms with E-state index in [2.05, 4.69) is 0 Å². The number of rotatable bonds is 8. The number of thioether (sulfide) groups is 2. The van der Waals surface area contributed by atoms with Crippen LogP contribution in [0.3, 0.4) is 0 Å². The molecule has 3 rings (SSSR count). The molecule has 0 bridgehead atoms. The van der Waals surface area contributed by atoms with E-state index in [-0.39, 0.29) is 26.4 Å². The van der Waals surface area contributed by atoms with Crippen molar-refractivity contribution in [2.75, 3.05) is 12.0 Å². The molecular formula is C19H15ClN2O6S3. The van der Waals surface area contributed by atoms with Gasteiger partial charge in [0.15, 0.2) is 0 Å². The Morgan fingerprint density at radius 3 is 2.81 bits per heavy atom. The Morgan fingerprint density at radius 2 is 2.19 bits per heavy atom. The van der Waals surface area contributed by atoms with Crippen LogP contribution < -0.4 is 0 Å². The van der Waals surface area contributed by atoms with E-state index in [1.165, 1.54) is 36.0 Å². The van der Waals surface area contributed by atoms with Crippen molar-refractivity contribution in [1.82, 2.24) is 4.90 Å². The van der Waals surface area contributed by atoms with Gasteiger partial charge in [0.25, 0.3) is 11.6 Å². The fourth-order valence-electron chi connectivity index (χ4n) is 2.86. The molecule has 0 radical (unpaired) electrons. The van der Waals surface area contributed by atoms with Gasteiger partial charge in [-0.05, 0) is 36.6 Å². The molecule has 1 N–H and O–H groups in total. The van der Waals surface area contributed by atoms with Gasteiger partial charge in [-0.1, -0.05) is 35.6 Å². The van der Waals surface area contributed by atoms with Crippen LogP contribution >= 0.6 is 47.3 Å². The molecule has 31 heavy (non-hydrogen) atoms. The molecule has 0 saturated carbocycles. The molecule has 2 aromatic rings. The lowest BCUT2D eigenvalue weighted by Gasteiger charge is -2.22. The normalized spacial score (nSPS) is 16.2. The van der Waals surface area contributed by atoms with Gasteiger partial charge in [-0.2, -0.15) is 11.8 Å². The van der Waals surface area contributed by atoms with Crippen molar-refractivity contribution in [3.8, 4) is 11.3 Å². The number of carbonyl (C=O) groups excluding carboxylic acids is 1. The predicted molar refractivity (Wildman–Crippen MR) is 125 cm³/mol. The number of thiocarbonyl (C=S) groups is 1. The van der Waals surface area contributed by atoms with Crippen molar-refractivity contribution in [3.05, 3.63) is 56.1 Å². The Hall–Kier alpha value is -2.34. The minimum atomic E-state index is -1.11. The van der Waals surface area contributed by atoms with Gasteiger partial charge in [0.05, 0.1) is 14.9 Å². The van der Waals surface area contributed by atoms with Crippen LogP contribution in [-0.4, -0.2) is 49.2 Å². The fourth-order valence-corrected chi connectivity index (χ4v) is 4.93. The Labute approximate surface area is 195 Å². The van der Waals surface area contributed by atoms with Crippen molar-refractivity contribution in [1.29, 1.82) is 0 Å². The highest BCUT2D eigenvalue weighted by Gasteiger charge is 2.40. The number of halogens is 1. The van der Waals surface area contributed by atoms with Crippen molar-refractivity contribution in [3.63, 3.8) is 0 Å². The van der Waals surface area contributed by atoms with Crippen LogP contribution in [0.5, 0.6) is 0 Å². The standard InChI is InChI=1S/C19H15ClN2O6S3/c1-30-7-6-14(18(24)25)21-17(23)16(31-19(21)29)9-11-3-5-15(28-11)12-4-2-10(22(26)27)8-13(12)20/h2-5,8-9,14H,6-7H2,1H3,(H,24,25)/b16-9+. The lowest BCUT2D eigenvalue weighted by atomic mass is 10.1. The molecule has 1 atom stereocenters. The summed E-state index contributed by atoms with van der Waals surface area (Å²) in [6.07, 6.45) is 3.62. The largest absolute Gasteiger partial charge is 0.480 e. The number of carbonyl (C=O) groups is 2. The lowest BCUT2D eigenvalue weighted by molar-refractivity contribution is -0.384. The Morgan fingerprint density at radius 1 is 1.45 bits per heavy atom. The monoisotopic (exact) mass is 498 g/mol. The number of nitro benzene ring substituents is 1. The van der Waals surface area contributed by atoms with Crippen molar-refractivity contribution in [2.45, 2.75) is 12.5 Å². The van der Waals surface area contributed by atoms with Crippen molar-refractivity contribution in [2.24, 2.45) is 0 Å². The van der Waals surface area contributed by atoms with Gasteiger partial charge in [-0.3, -0.25) is 19.8 Å². The molecule has 0 aliphatic carbocycles. The van der Waals surface area contributed by atoms with Gasteiger partial charge in [-0.25, -0.2) is 4.79 Å². The van der Waals surface area contributed by atoms with E-state index in [9.17, 15) is 24.8 Å². The van der Waals surface area contributed by atoms with Gasteiger partial charge in [0, 0.05) is 23.8 Å². The summed E-state index contributed by atoms with van der Waals surface area (Å²) in [4.78, 5) is 36.1. The van der Waals surface area contributed by atoms with E-state index >= 15 is 0 Å². The second-order valence-electron chi connectivity index (χ2n) is 6.31. The minimum Gasteiger partial charge on any atom is -0.480 e. The predicted octanol–water partition coefficient (Wildman–Crippen LogP) is 4.92. The molecule has 1 aliphatic rings. The number of nitro groups is 1. The molecule has 12 heteroatoms. The molecule has 1 aromatic heterocycles. The smallest absolute Gasteiger partial charge is 0.326 e. The summed E-state index contributed by atoms with van der Waals surface area (Å²) < 4.78 is 5.90. The van der Waals surface area contributed by atoms with E-state index in [4.69, 9.17) is 28.2 Å². The maximum absolute atomic E-state index is 12.8. The zero-order valence-electron chi connectivity index (χ0n) is 15.9. The highest BCUT2D eigenvalue weighted by Crippen LogP contribution is 2.37. The summed E-state index contributed by atoms with van der Waals surface area (Å²) in [5.74, 6) is -0.328. The van der Waals surface area contributed by atoms with E-state index < -0.39 is 22.8 Å². The average Bonchev–Trinajstić information content (AvgIpc) is 3.27. The lowest BCUT2D eigenvalue weighted by Crippen LogP contribution is -2.44.